The molecule has 0 spiro atoms. The Balaban J connectivity index is 4.21. The summed E-state index contributed by atoms with van der Waals surface area (Å²) in [6.45, 7) is 3.92. The van der Waals surface area contributed by atoms with Crippen LogP contribution in [0.2, 0.25) is 0 Å². The largest absolute Gasteiger partial charge is 0.500 e. The Labute approximate surface area is 62.1 Å². The molecule has 0 aromatic carbocycles. The van der Waals surface area contributed by atoms with Crippen LogP contribution >= 0.6 is 0 Å². The number of hydrogen-bond donors (Lipinski definition) is 0. The van der Waals surface area contributed by atoms with Gasteiger partial charge < -0.3 is 9.47 Å². The zero-order valence-electron chi connectivity index (χ0n) is 6.97. The standard InChI is InChI=1S/C8H14O2/c1-5-7(2)8(10-4)6-9-3/h5-6H,1-4H3/b7-5+,8-6-. The third kappa shape index (κ3) is 2.58. The highest BCUT2D eigenvalue weighted by Gasteiger charge is 1.95. The van der Waals surface area contributed by atoms with Crippen molar-refractivity contribution >= 4 is 0 Å². The second-order valence-corrected chi connectivity index (χ2v) is 1.89. The van der Waals surface area contributed by atoms with Gasteiger partial charge in [-0.15, -0.1) is 0 Å². The fourth-order valence-corrected chi connectivity index (χ4v) is 0.551. The molecule has 0 aromatic rings. The van der Waals surface area contributed by atoms with E-state index in [0.717, 1.165) is 11.3 Å². The lowest BCUT2D eigenvalue weighted by Gasteiger charge is -2.03. The molecule has 0 aliphatic carbocycles. The van der Waals surface area contributed by atoms with Gasteiger partial charge in [0, 0.05) is 0 Å². The van der Waals surface area contributed by atoms with Crippen LogP contribution in [-0.4, -0.2) is 14.2 Å². The van der Waals surface area contributed by atoms with Gasteiger partial charge in [0.2, 0.25) is 0 Å². The van der Waals surface area contributed by atoms with Crippen LogP contribution in [0.3, 0.4) is 0 Å². The molecule has 58 valence electrons. The zero-order chi connectivity index (χ0) is 7.98. The van der Waals surface area contributed by atoms with Gasteiger partial charge in [0.1, 0.15) is 6.26 Å². The molecule has 0 heterocycles. The van der Waals surface area contributed by atoms with Gasteiger partial charge in [0.25, 0.3) is 0 Å². The van der Waals surface area contributed by atoms with Crippen LogP contribution in [0, 0.1) is 0 Å². The second kappa shape index (κ2) is 4.91. The predicted octanol–water partition coefficient (Wildman–Crippen LogP) is 2.09. The lowest BCUT2D eigenvalue weighted by molar-refractivity contribution is 0.257. The number of hydrogen-bond acceptors (Lipinski definition) is 2. The molecule has 0 aromatic heterocycles. The molecule has 0 fully saturated rings. The summed E-state index contributed by atoms with van der Waals surface area (Å²) in [5, 5.41) is 0. The first-order valence-corrected chi connectivity index (χ1v) is 3.16. The maximum Gasteiger partial charge on any atom is 0.155 e. The monoisotopic (exact) mass is 142 g/mol. The van der Waals surface area contributed by atoms with Crippen LogP contribution in [0.25, 0.3) is 0 Å². The molecule has 0 radical (unpaired) electrons. The first kappa shape index (κ1) is 9.08. The van der Waals surface area contributed by atoms with Crippen molar-refractivity contribution in [1.82, 2.24) is 0 Å². The molecule has 0 unspecified atom stereocenters. The van der Waals surface area contributed by atoms with Crippen molar-refractivity contribution in [2.24, 2.45) is 0 Å². The first-order chi connectivity index (χ1) is 4.76. The lowest BCUT2D eigenvalue weighted by atomic mass is 10.2. The van der Waals surface area contributed by atoms with Gasteiger partial charge in [-0.3, -0.25) is 0 Å². The van der Waals surface area contributed by atoms with Crippen LogP contribution < -0.4 is 0 Å². The first-order valence-electron chi connectivity index (χ1n) is 3.16. The number of allylic oxidation sites excluding steroid dienone is 2. The Hall–Kier alpha value is -0.920. The number of methoxy groups -OCH3 is 2. The summed E-state index contributed by atoms with van der Waals surface area (Å²) < 4.78 is 9.80. The van der Waals surface area contributed by atoms with Crippen molar-refractivity contribution in [3.05, 3.63) is 23.7 Å². The van der Waals surface area contributed by atoms with Crippen LogP contribution in [0.4, 0.5) is 0 Å². The van der Waals surface area contributed by atoms with E-state index in [1.165, 1.54) is 0 Å². The van der Waals surface area contributed by atoms with Crippen LogP contribution in [0.15, 0.2) is 23.7 Å². The lowest BCUT2D eigenvalue weighted by Crippen LogP contribution is -1.89. The highest BCUT2D eigenvalue weighted by Crippen LogP contribution is 2.08. The Morgan fingerprint density at radius 1 is 1.30 bits per heavy atom. The summed E-state index contributed by atoms with van der Waals surface area (Å²) in [5.41, 5.74) is 1.07. The Kier molecular flexibility index (Phi) is 4.46. The molecule has 0 atom stereocenters. The molecule has 0 saturated heterocycles. The van der Waals surface area contributed by atoms with Crippen molar-refractivity contribution in [3.8, 4) is 0 Å². The molecule has 0 saturated carbocycles. The molecule has 2 nitrogen and oxygen atoms in total. The summed E-state index contributed by atoms with van der Waals surface area (Å²) in [7, 11) is 3.22. The summed E-state index contributed by atoms with van der Waals surface area (Å²) in [6, 6.07) is 0. The van der Waals surface area contributed by atoms with Gasteiger partial charge in [-0.2, -0.15) is 0 Å². The summed E-state index contributed by atoms with van der Waals surface area (Å²) >= 11 is 0. The minimum absolute atomic E-state index is 0.769. The molecule has 0 N–H and O–H groups in total. The second-order valence-electron chi connectivity index (χ2n) is 1.89. The van der Waals surface area contributed by atoms with E-state index in [-0.39, 0.29) is 0 Å². The smallest absolute Gasteiger partial charge is 0.155 e. The summed E-state index contributed by atoms with van der Waals surface area (Å²) in [4.78, 5) is 0. The third-order valence-electron chi connectivity index (χ3n) is 1.27. The van der Waals surface area contributed by atoms with Crippen molar-refractivity contribution in [1.29, 1.82) is 0 Å². The number of rotatable bonds is 3. The molecule has 2 heteroatoms. The van der Waals surface area contributed by atoms with Crippen LogP contribution in [0.5, 0.6) is 0 Å². The van der Waals surface area contributed by atoms with Gasteiger partial charge in [-0.25, -0.2) is 0 Å². The Morgan fingerprint density at radius 3 is 2.20 bits per heavy atom. The van der Waals surface area contributed by atoms with E-state index in [9.17, 15) is 0 Å². The van der Waals surface area contributed by atoms with Crippen LogP contribution in [-0.2, 0) is 9.47 Å². The van der Waals surface area contributed by atoms with E-state index < -0.39 is 0 Å². The topological polar surface area (TPSA) is 18.5 Å². The molecule has 0 rings (SSSR count). The number of ether oxygens (including phenoxy) is 2. The molecular formula is C8H14O2. The quantitative estimate of drug-likeness (QED) is 0.443. The Bertz CT molecular complexity index is 145. The Morgan fingerprint density at radius 2 is 1.90 bits per heavy atom. The van der Waals surface area contributed by atoms with E-state index >= 15 is 0 Å². The fourth-order valence-electron chi connectivity index (χ4n) is 0.551. The fraction of sp³-hybridized carbons (Fsp3) is 0.500. The molecule has 0 aliphatic rings. The van der Waals surface area contributed by atoms with Gasteiger partial charge in [0.15, 0.2) is 5.76 Å². The zero-order valence-corrected chi connectivity index (χ0v) is 6.97. The minimum Gasteiger partial charge on any atom is -0.500 e. The van der Waals surface area contributed by atoms with E-state index in [0.29, 0.717) is 0 Å². The summed E-state index contributed by atoms with van der Waals surface area (Å²) in [5.74, 6) is 0.769. The van der Waals surface area contributed by atoms with Gasteiger partial charge in [-0.1, -0.05) is 6.08 Å². The highest BCUT2D eigenvalue weighted by molar-refractivity contribution is 5.20. The minimum atomic E-state index is 0.769. The summed E-state index contributed by atoms with van der Waals surface area (Å²) in [6.07, 6.45) is 3.55. The molecule has 0 amide bonds. The average molecular weight is 142 g/mol. The van der Waals surface area contributed by atoms with Gasteiger partial charge >= 0.3 is 0 Å². The predicted molar refractivity (Wildman–Crippen MR) is 41.5 cm³/mol. The van der Waals surface area contributed by atoms with Crippen molar-refractivity contribution in [2.75, 3.05) is 14.2 Å². The van der Waals surface area contributed by atoms with Crippen molar-refractivity contribution < 1.29 is 9.47 Å². The van der Waals surface area contributed by atoms with Crippen molar-refractivity contribution in [2.45, 2.75) is 13.8 Å². The molecule has 0 bridgehead atoms. The highest BCUT2D eigenvalue weighted by atomic mass is 16.5. The van der Waals surface area contributed by atoms with Gasteiger partial charge in [-0.05, 0) is 19.4 Å². The molecular weight excluding hydrogens is 128 g/mol. The van der Waals surface area contributed by atoms with E-state index in [4.69, 9.17) is 9.47 Å². The SMILES string of the molecule is C/C=C(C)/C(=C/OC)OC. The average Bonchev–Trinajstić information content (AvgIpc) is 1.99. The normalized spacial score (nSPS) is 13.2. The van der Waals surface area contributed by atoms with E-state index in [2.05, 4.69) is 0 Å². The van der Waals surface area contributed by atoms with Gasteiger partial charge in [0.05, 0.1) is 14.2 Å². The van der Waals surface area contributed by atoms with E-state index in [1.54, 1.807) is 20.5 Å². The maximum absolute atomic E-state index is 5.01. The molecule has 0 aliphatic heterocycles. The van der Waals surface area contributed by atoms with E-state index in [1.807, 2.05) is 19.9 Å². The van der Waals surface area contributed by atoms with Crippen LogP contribution in [0.1, 0.15) is 13.8 Å². The molecule has 10 heavy (non-hydrogen) atoms. The maximum atomic E-state index is 5.01. The third-order valence-corrected chi connectivity index (χ3v) is 1.27. The van der Waals surface area contributed by atoms with Crippen molar-refractivity contribution in [3.63, 3.8) is 0 Å².